The fraction of sp³-hybridized carbons (Fsp3) is 1.00. The molecule has 0 aliphatic carbocycles. The smallest absolute Gasteiger partial charge is 0.281 e. The Morgan fingerprint density at radius 1 is 1.50 bits per heavy atom. The van der Waals surface area contributed by atoms with Crippen LogP contribution in [0.2, 0.25) is 0 Å². The SMILES string of the molecule is COCC1CCCN(S(=O)(=O)N(C)CCCN)C1. The van der Waals surface area contributed by atoms with Gasteiger partial charge in [-0.1, -0.05) is 0 Å². The van der Waals surface area contributed by atoms with Gasteiger partial charge in [0.2, 0.25) is 0 Å². The summed E-state index contributed by atoms with van der Waals surface area (Å²) in [6, 6.07) is 0. The van der Waals surface area contributed by atoms with Gasteiger partial charge in [-0.3, -0.25) is 0 Å². The fourth-order valence-electron chi connectivity index (χ4n) is 2.23. The molecule has 1 unspecified atom stereocenters. The van der Waals surface area contributed by atoms with Gasteiger partial charge in [-0.15, -0.1) is 0 Å². The predicted molar refractivity (Wildman–Crippen MR) is 71.4 cm³/mol. The maximum absolute atomic E-state index is 12.3. The third-order valence-electron chi connectivity index (χ3n) is 3.28. The standard InChI is InChI=1S/C11H25N3O3S/c1-13(7-4-6-12)18(15,16)14-8-3-5-11(9-14)10-17-2/h11H,3-10,12H2,1-2H3. The lowest BCUT2D eigenvalue weighted by molar-refractivity contribution is 0.116. The highest BCUT2D eigenvalue weighted by molar-refractivity contribution is 7.86. The Morgan fingerprint density at radius 3 is 2.83 bits per heavy atom. The molecule has 7 heteroatoms. The number of nitrogens with two attached hydrogens (primary N) is 1. The number of rotatable bonds is 7. The van der Waals surface area contributed by atoms with Crippen LogP contribution in [-0.2, 0) is 14.9 Å². The maximum Gasteiger partial charge on any atom is 0.281 e. The van der Waals surface area contributed by atoms with Crippen LogP contribution in [0.4, 0.5) is 0 Å². The molecule has 1 aliphatic rings. The van der Waals surface area contributed by atoms with Crippen molar-refractivity contribution in [2.45, 2.75) is 19.3 Å². The lowest BCUT2D eigenvalue weighted by Gasteiger charge is -2.34. The van der Waals surface area contributed by atoms with Crippen LogP contribution in [0.15, 0.2) is 0 Å². The maximum atomic E-state index is 12.3. The minimum absolute atomic E-state index is 0.307. The summed E-state index contributed by atoms with van der Waals surface area (Å²) in [7, 11) is -0.0604. The van der Waals surface area contributed by atoms with Gasteiger partial charge in [-0.2, -0.15) is 17.0 Å². The van der Waals surface area contributed by atoms with Crippen LogP contribution in [0.1, 0.15) is 19.3 Å². The van der Waals surface area contributed by atoms with E-state index in [4.69, 9.17) is 10.5 Å². The average Bonchev–Trinajstić information content (AvgIpc) is 2.36. The van der Waals surface area contributed by atoms with Crippen molar-refractivity contribution in [3.63, 3.8) is 0 Å². The van der Waals surface area contributed by atoms with Gasteiger partial charge in [-0.25, -0.2) is 0 Å². The predicted octanol–water partition coefficient (Wildman–Crippen LogP) is -0.130. The summed E-state index contributed by atoms with van der Waals surface area (Å²) in [6.07, 6.45) is 2.62. The molecule has 0 spiro atoms. The molecule has 1 fully saturated rings. The highest BCUT2D eigenvalue weighted by Gasteiger charge is 2.31. The molecule has 108 valence electrons. The summed E-state index contributed by atoms with van der Waals surface area (Å²) >= 11 is 0. The van der Waals surface area contributed by atoms with Crippen molar-refractivity contribution in [1.29, 1.82) is 0 Å². The summed E-state index contributed by atoms with van der Waals surface area (Å²) < 4.78 is 32.7. The van der Waals surface area contributed by atoms with E-state index >= 15 is 0 Å². The Balaban J connectivity index is 2.60. The number of nitrogens with zero attached hydrogens (tertiary/aromatic N) is 2. The van der Waals surface area contributed by atoms with E-state index in [-0.39, 0.29) is 0 Å². The Labute approximate surface area is 110 Å². The zero-order chi connectivity index (χ0) is 13.6. The summed E-state index contributed by atoms with van der Waals surface area (Å²) in [5.41, 5.74) is 5.41. The molecule has 0 aromatic carbocycles. The number of hydrogen-bond acceptors (Lipinski definition) is 4. The minimum atomic E-state index is -3.33. The first-order valence-corrected chi connectivity index (χ1v) is 7.82. The molecule has 2 N–H and O–H groups in total. The Bertz CT molecular complexity index is 332. The molecule has 0 radical (unpaired) electrons. The molecule has 0 bridgehead atoms. The van der Waals surface area contributed by atoms with Gasteiger partial charge in [0.05, 0.1) is 6.61 Å². The largest absolute Gasteiger partial charge is 0.384 e. The zero-order valence-corrected chi connectivity index (χ0v) is 12.2. The first-order valence-electron chi connectivity index (χ1n) is 6.42. The van der Waals surface area contributed by atoms with Crippen LogP contribution < -0.4 is 5.73 Å². The van der Waals surface area contributed by atoms with E-state index in [0.29, 0.717) is 45.1 Å². The third-order valence-corrected chi connectivity index (χ3v) is 5.24. The van der Waals surface area contributed by atoms with E-state index in [9.17, 15) is 8.42 Å². The normalized spacial score (nSPS) is 22.6. The summed E-state index contributed by atoms with van der Waals surface area (Å²) in [4.78, 5) is 0. The molecule has 1 atom stereocenters. The molecule has 0 saturated carbocycles. The highest BCUT2D eigenvalue weighted by atomic mass is 32.2. The van der Waals surface area contributed by atoms with Gasteiger partial charge in [0, 0.05) is 33.8 Å². The summed E-state index contributed by atoms with van der Waals surface area (Å²) in [6.45, 7) is 2.77. The van der Waals surface area contributed by atoms with Gasteiger partial charge in [-0.05, 0) is 31.7 Å². The van der Waals surface area contributed by atoms with Gasteiger partial charge in [0.15, 0.2) is 0 Å². The Kier molecular flexibility index (Phi) is 6.51. The zero-order valence-electron chi connectivity index (χ0n) is 11.3. The summed E-state index contributed by atoms with van der Waals surface area (Å²) in [5, 5.41) is 0. The van der Waals surface area contributed by atoms with Crippen LogP contribution >= 0.6 is 0 Å². The lowest BCUT2D eigenvalue weighted by atomic mass is 10.0. The van der Waals surface area contributed by atoms with Gasteiger partial charge in [0.25, 0.3) is 10.2 Å². The molecule has 6 nitrogen and oxygen atoms in total. The van der Waals surface area contributed by atoms with Crippen molar-refractivity contribution in [2.75, 3.05) is 46.9 Å². The molecule has 1 aliphatic heterocycles. The molecule has 1 rings (SSSR count). The monoisotopic (exact) mass is 279 g/mol. The first kappa shape index (κ1) is 15.8. The molecule has 18 heavy (non-hydrogen) atoms. The van der Waals surface area contributed by atoms with Crippen LogP contribution in [0, 0.1) is 5.92 Å². The number of hydrogen-bond donors (Lipinski definition) is 1. The van der Waals surface area contributed by atoms with Crippen molar-refractivity contribution in [3.05, 3.63) is 0 Å². The second-order valence-corrected chi connectivity index (χ2v) is 6.83. The number of piperidine rings is 1. The minimum Gasteiger partial charge on any atom is -0.384 e. The van der Waals surface area contributed by atoms with E-state index < -0.39 is 10.2 Å². The van der Waals surface area contributed by atoms with E-state index in [1.165, 1.54) is 4.31 Å². The van der Waals surface area contributed by atoms with Crippen molar-refractivity contribution in [3.8, 4) is 0 Å². The van der Waals surface area contributed by atoms with Crippen LogP contribution in [0.5, 0.6) is 0 Å². The van der Waals surface area contributed by atoms with Gasteiger partial charge < -0.3 is 10.5 Å². The lowest BCUT2D eigenvalue weighted by Crippen LogP contribution is -2.47. The molecule has 1 saturated heterocycles. The van der Waals surface area contributed by atoms with Crippen LogP contribution in [0.25, 0.3) is 0 Å². The Morgan fingerprint density at radius 2 is 2.22 bits per heavy atom. The number of ether oxygens (including phenoxy) is 1. The van der Waals surface area contributed by atoms with Crippen molar-refractivity contribution in [1.82, 2.24) is 8.61 Å². The molecular formula is C11H25N3O3S. The van der Waals surface area contributed by atoms with E-state index in [1.807, 2.05) is 0 Å². The second-order valence-electron chi connectivity index (χ2n) is 4.79. The fourth-order valence-corrected chi connectivity index (χ4v) is 3.75. The molecule has 0 aromatic rings. The number of methoxy groups -OCH3 is 1. The van der Waals surface area contributed by atoms with Gasteiger partial charge >= 0.3 is 0 Å². The van der Waals surface area contributed by atoms with Crippen LogP contribution in [0.3, 0.4) is 0 Å². The van der Waals surface area contributed by atoms with Crippen LogP contribution in [-0.4, -0.2) is 64.0 Å². The van der Waals surface area contributed by atoms with E-state index in [1.54, 1.807) is 18.5 Å². The first-order chi connectivity index (χ1) is 8.52. The quantitative estimate of drug-likeness (QED) is 0.704. The third kappa shape index (κ3) is 4.17. The van der Waals surface area contributed by atoms with Crippen molar-refractivity contribution in [2.24, 2.45) is 11.7 Å². The second kappa shape index (κ2) is 7.40. The van der Waals surface area contributed by atoms with E-state index in [2.05, 4.69) is 0 Å². The molecular weight excluding hydrogens is 254 g/mol. The summed E-state index contributed by atoms with van der Waals surface area (Å²) in [5.74, 6) is 0.307. The molecule has 0 amide bonds. The Hall–Kier alpha value is -0.210. The van der Waals surface area contributed by atoms with Crippen molar-refractivity contribution >= 4 is 10.2 Å². The molecule has 0 aromatic heterocycles. The van der Waals surface area contributed by atoms with Crippen molar-refractivity contribution < 1.29 is 13.2 Å². The highest BCUT2D eigenvalue weighted by Crippen LogP contribution is 2.20. The topological polar surface area (TPSA) is 75.9 Å². The van der Waals surface area contributed by atoms with Gasteiger partial charge in [0.1, 0.15) is 0 Å². The average molecular weight is 279 g/mol. The molecule has 1 heterocycles. The van der Waals surface area contributed by atoms with E-state index in [0.717, 1.165) is 12.8 Å².